The Balaban J connectivity index is 1.76. The van der Waals surface area contributed by atoms with Crippen LogP contribution in [-0.2, 0) is 0 Å². The number of amidine groups is 1. The van der Waals surface area contributed by atoms with Crippen molar-refractivity contribution in [3.8, 4) is 0 Å². The second kappa shape index (κ2) is 6.73. The number of likely N-dealkylation sites (N-methyl/N-ethyl adjacent to an activating group) is 1. The van der Waals surface area contributed by atoms with Gasteiger partial charge in [-0.15, -0.1) is 11.3 Å². The lowest BCUT2D eigenvalue weighted by atomic mass is 10.1. The molecule has 0 atom stereocenters. The van der Waals surface area contributed by atoms with E-state index < -0.39 is 0 Å². The first-order valence-corrected chi connectivity index (χ1v) is 9.82. The highest BCUT2D eigenvalue weighted by Crippen LogP contribution is 2.35. The van der Waals surface area contributed by atoms with Crippen LogP contribution in [0.15, 0.2) is 34.6 Å². The second-order valence-corrected chi connectivity index (χ2v) is 8.22. The topological polar surface area (TPSA) is 30.9 Å². The first-order chi connectivity index (χ1) is 11.7. The highest BCUT2D eigenvalue weighted by atomic mass is 32.1. The van der Waals surface area contributed by atoms with Gasteiger partial charge in [-0.2, -0.15) is 0 Å². The first-order valence-electron chi connectivity index (χ1n) is 9.00. The maximum absolute atomic E-state index is 5.16. The van der Waals surface area contributed by atoms with E-state index in [1.54, 1.807) is 0 Å². The SMILES string of the molecule is Cc1cc2c(s1)NC1=C(/C=C\CCCC1)N=C2N1CCN(C)CC1. The highest BCUT2D eigenvalue weighted by molar-refractivity contribution is 7.16. The molecule has 3 aliphatic rings. The van der Waals surface area contributed by atoms with Crippen molar-refractivity contribution in [1.29, 1.82) is 0 Å². The van der Waals surface area contributed by atoms with Crippen LogP contribution >= 0.6 is 11.3 Å². The van der Waals surface area contributed by atoms with E-state index in [1.165, 1.54) is 34.0 Å². The van der Waals surface area contributed by atoms with E-state index in [4.69, 9.17) is 4.99 Å². The van der Waals surface area contributed by atoms with Crippen LogP contribution in [0.4, 0.5) is 5.00 Å². The summed E-state index contributed by atoms with van der Waals surface area (Å²) < 4.78 is 0. The number of nitrogens with zero attached hydrogens (tertiary/aromatic N) is 3. The Morgan fingerprint density at radius 2 is 2.00 bits per heavy atom. The first kappa shape index (κ1) is 15.9. The molecule has 1 N–H and O–H groups in total. The van der Waals surface area contributed by atoms with Gasteiger partial charge in [0.2, 0.25) is 0 Å². The van der Waals surface area contributed by atoms with Gasteiger partial charge in [0.15, 0.2) is 0 Å². The number of nitrogens with one attached hydrogen (secondary N) is 1. The maximum Gasteiger partial charge on any atom is 0.139 e. The molecule has 0 radical (unpaired) electrons. The molecule has 3 heterocycles. The molecule has 24 heavy (non-hydrogen) atoms. The van der Waals surface area contributed by atoms with Crippen molar-refractivity contribution in [2.45, 2.75) is 32.6 Å². The van der Waals surface area contributed by atoms with Gasteiger partial charge in [-0.3, -0.25) is 0 Å². The van der Waals surface area contributed by atoms with Crippen molar-refractivity contribution in [2.75, 3.05) is 38.5 Å². The minimum Gasteiger partial charge on any atom is -0.353 e. The summed E-state index contributed by atoms with van der Waals surface area (Å²) in [7, 11) is 2.20. The van der Waals surface area contributed by atoms with Crippen LogP contribution in [0.3, 0.4) is 0 Å². The normalized spacial score (nSPS) is 23.4. The molecule has 0 bridgehead atoms. The number of fused-ring (bicyclic) bond motifs is 1. The van der Waals surface area contributed by atoms with Crippen molar-refractivity contribution in [1.82, 2.24) is 9.80 Å². The van der Waals surface area contributed by atoms with Crippen LogP contribution in [0.2, 0.25) is 0 Å². The van der Waals surface area contributed by atoms with Crippen molar-refractivity contribution < 1.29 is 0 Å². The molecule has 0 aromatic carbocycles. The monoisotopic (exact) mass is 342 g/mol. The van der Waals surface area contributed by atoms with E-state index in [9.17, 15) is 0 Å². The summed E-state index contributed by atoms with van der Waals surface area (Å²) in [6, 6.07) is 2.30. The van der Waals surface area contributed by atoms with Gasteiger partial charge < -0.3 is 15.1 Å². The molecular formula is C19H26N4S. The van der Waals surface area contributed by atoms with Gasteiger partial charge in [0, 0.05) is 36.8 Å². The number of aliphatic imine (C=N–C) groups is 1. The molecule has 0 saturated carbocycles. The van der Waals surface area contributed by atoms with Gasteiger partial charge in [0.25, 0.3) is 0 Å². The van der Waals surface area contributed by atoms with Crippen molar-refractivity contribution in [3.63, 3.8) is 0 Å². The summed E-state index contributed by atoms with van der Waals surface area (Å²) >= 11 is 1.85. The fourth-order valence-electron chi connectivity index (χ4n) is 3.56. The molecule has 1 fully saturated rings. The van der Waals surface area contributed by atoms with Crippen LogP contribution in [0.25, 0.3) is 0 Å². The molecule has 0 amide bonds. The van der Waals surface area contributed by atoms with E-state index in [-0.39, 0.29) is 0 Å². The second-order valence-electron chi connectivity index (χ2n) is 6.96. The Morgan fingerprint density at radius 1 is 1.17 bits per heavy atom. The summed E-state index contributed by atoms with van der Waals surface area (Å²) in [6.45, 7) is 6.50. The van der Waals surface area contributed by atoms with Gasteiger partial charge in [-0.1, -0.05) is 6.08 Å². The Labute approximate surface area is 148 Å². The standard InChI is InChI=1S/C19H26N4S/c1-14-13-15-18(23-11-9-22(2)10-12-23)20-16-7-5-3-4-6-8-17(16)21-19(15)24-14/h5,7,13,21H,3-4,6,8-12H2,1-2H3/b7-5-. The number of thiophene rings is 1. The minimum absolute atomic E-state index is 1.05. The third kappa shape index (κ3) is 3.15. The quantitative estimate of drug-likeness (QED) is 0.778. The number of hydrogen-bond donors (Lipinski definition) is 1. The van der Waals surface area contributed by atoms with E-state index in [0.29, 0.717) is 0 Å². The lowest BCUT2D eigenvalue weighted by molar-refractivity contribution is 0.216. The summed E-state index contributed by atoms with van der Waals surface area (Å²) in [6.07, 6.45) is 9.26. The number of piperazine rings is 1. The number of aryl methyl sites for hydroxylation is 1. The van der Waals surface area contributed by atoms with Gasteiger partial charge in [-0.05, 0) is 51.8 Å². The Kier molecular flexibility index (Phi) is 4.46. The zero-order chi connectivity index (χ0) is 16.5. The molecule has 0 spiro atoms. The van der Waals surface area contributed by atoms with E-state index in [1.807, 2.05) is 11.3 Å². The molecule has 2 aliphatic heterocycles. The third-order valence-corrected chi connectivity index (χ3v) is 5.99. The predicted octanol–water partition coefficient (Wildman–Crippen LogP) is 3.82. The molecule has 128 valence electrons. The third-order valence-electron chi connectivity index (χ3n) is 5.02. The molecule has 5 heteroatoms. The molecule has 1 aromatic rings. The fraction of sp³-hybridized carbons (Fsp3) is 0.526. The smallest absolute Gasteiger partial charge is 0.139 e. The van der Waals surface area contributed by atoms with Crippen molar-refractivity contribution >= 4 is 22.2 Å². The number of anilines is 1. The molecule has 0 unspecified atom stereocenters. The van der Waals surface area contributed by atoms with E-state index >= 15 is 0 Å². The Hall–Kier alpha value is -1.59. The number of rotatable bonds is 0. The molecule has 1 aliphatic carbocycles. The van der Waals surface area contributed by atoms with Gasteiger partial charge in [-0.25, -0.2) is 4.99 Å². The largest absolute Gasteiger partial charge is 0.353 e. The highest BCUT2D eigenvalue weighted by Gasteiger charge is 2.26. The van der Waals surface area contributed by atoms with E-state index in [0.717, 1.165) is 50.6 Å². The predicted molar refractivity (Wildman–Crippen MR) is 103 cm³/mol. The summed E-state index contributed by atoms with van der Waals surface area (Å²) in [5.74, 6) is 1.16. The zero-order valence-corrected chi connectivity index (χ0v) is 15.5. The number of hydrogen-bond acceptors (Lipinski definition) is 5. The summed E-state index contributed by atoms with van der Waals surface area (Å²) in [5.41, 5.74) is 3.70. The van der Waals surface area contributed by atoms with Crippen LogP contribution in [-0.4, -0.2) is 48.9 Å². The van der Waals surface area contributed by atoms with E-state index in [2.05, 4.69) is 47.3 Å². The van der Waals surface area contributed by atoms with Gasteiger partial charge in [0.05, 0.1) is 11.3 Å². The van der Waals surface area contributed by atoms with Crippen molar-refractivity contribution in [2.24, 2.45) is 4.99 Å². The Bertz CT molecular complexity index is 705. The van der Waals surface area contributed by atoms with Gasteiger partial charge >= 0.3 is 0 Å². The maximum atomic E-state index is 5.16. The average molecular weight is 343 g/mol. The molecular weight excluding hydrogens is 316 g/mol. The fourth-order valence-corrected chi connectivity index (χ4v) is 4.50. The zero-order valence-electron chi connectivity index (χ0n) is 14.6. The molecule has 1 aromatic heterocycles. The van der Waals surface area contributed by atoms with Crippen LogP contribution in [0.1, 0.15) is 36.1 Å². The van der Waals surface area contributed by atoms with Gasteiger partial charge in [0.1, 0.15) is 10.8 Å². The number of allylic oxidation sites excluding steroid dienone is 3. The Morgan fingerprint density at radius 3 is 2.83 bits per heavy atom. The van der Waals surface area contributed by atoms with Crippen LogP contribution in [0.5, 0.6) is 0 Å². The molecule has 4 nitrogen and oxygen atoms in total. The average Bonchev–Trinajstić information content (AvgIpc) is 2.85. The lowest BCUT2D eigenvalue weighted by Crippen LogP contribution is -2.47. The summed E-state index contributed by atoms with van der Waals surface area (Å²) in [4.78, 5) is 11.4. The molecule has 4 rings (SSSR count). The minimum atomic E-state index is 1.05. The van der Waals surface area contributed by atoms with Crippen LogP contribution < -0.4 is 5.32 Å². The molecule has 1 saturated heterocycles. The van der Waals surface area contributed by atoms with Crippen LogP contribution in [0, 0.1) is 6.92 Å². The summed E-state index contributed by atoms with van der Waals surface area (Å²) in [5, 5.41) is 4.99. The van der Waals surface area contributed by atoms with Crippen molar-refractivity contribution in [3.05, 3.63) is 40.1 Å². The lowest BCUT2D eigenvalue weighted by Gasteiger charge is -2.34.